The second-order valence-electron chi connectivity index (χ2n) is 4.66. The highest BCUT2D eigenvalue weighted by atomic mass is 79.9. The molecule has 0 heterocycles. The van der Waals surface area contributed by atoms with Crippen molar-refractivity contribution in [1.82, 2.24) is 5.32 Å². The van der Waals surface area contributed by atoms with Crippen molar-refractivity contribution in [2.24, 2.45) is 0 Å². The number of nitrogens with one attached hydrogen (secondary N) is 1. The molecule has 108 valence electrons. The van der Waals surface area contributed by atoms with Crippen LogP contribution in [0, 0.1) is 0 Å². The van der Waals surface area contributed by atoms with Crippen molar-refractivity contribution in [2.75, 3.05) is 6.54 Å². The Morgan fingerprint density at radius 3 is 2.57 bits per heavy atom. The average molecular weight is 346 g/mol. The van der Waals surface area contributed by atoms with Crippen LogP contribution in [0.3, 0.4) is 0 Å². The van der Waals surface area contributed by atoms with Crippen LogP contribution in [0.15, 0.2) is 59.6 Å². The van der Waals surface area contributed by atoms with Gasteiger partial charge in [0.05, 0.1) is 0 Å². The lowest BCUT2D eigenvalue weighted by Gasteiger charge is -2.08. The molecule has 0 radical (unpaired) electrons. The van der Waals surface area contributed by atoms with Gasteiger partial charge in [-0.2, -0.15) is 0 Å². The van der Waals surface area contributed by atoms with Crippen molar-refractivity contribution in [2.45, 2.75) is 6.42 Å². The van der Waals surface area contributed by atoms with E-state index in [1.54, 1.807) is 12.1 Å². The Morgan fingerprint density at radius 2 is 1.90 bits per heavy atom. The molecule has 2 rings (SSSR count). The number of benzene rings is 2. The van der Waals surface area contributed by atoms with Gasteiger partial charge in [0.15, 0.2) is 0 Å². The summed E-state index contributed by atoms with van der Waals surface area (Å²) in [6.07, 6.45) is 0.706. The number of halogens is 1. The Labute approximate surface area is 132 Å². The van der Waals surface area contributed by atoms with Gasteiger partial charge < -0.3 is 10.4 Å². The molecular weight excluding hydrogens is 330 g/mol. The zero-order valence-electron chi connectivity index (χ0n) is 11.5. The van der Waals surface area contributed by atoms with Crippen molar-refractivity contribution < 1.29 is 9.90 Å². The van der Waals surface area contributed by atoms with E-state index in [9.17, 15) is 9.90 Å². The Balaban J connectivity index is 1.87. The summed E-state index contributed by atoms with van der Waals surface area (Å²) in [4.78, 5) is 12.0. The molecule has 0 aromatic heterocycles. The number of hydrogen-bond donors (Lipinski definition) is 2. The molecule has 0 saturated heterocycles. The number of phenols is 1. The van der Waals surface area contributed by atoms with E-state index < -0.39 is 0 Å². The minimum absolute atomic E-state index is 0.174. The fourth-order valence-corrected chi connectivity index (χ4v) is 2.30. The molecule has 0 spiro atoms. The first kappa shape index (κ1) is 15.3. The van der Waals surface area contributed by atoms with Gasteiger partial charge >= 0.3 is 0 Å². The van der Waals surface area contributed by atoms with Crippen molar-refractivity contribution in [3.05, 3.63) is 70.7 Å². The first-order chi connectivity index (χ1) is 10.1. The number of carbonyl (C=O) groups is 1. The molecular formula is C17H16BrNO2. The number of aromatic hydroxyl groups is 1. The fraction of sp³-hybridized carbons (Fsp3) is 0.118. The van der Waals surface area contributed by atoms with E-state index in [-0.39, 0.29) is 11.7 Å². The molecule has 0 aliphatic heterocycles. The monoisotopic (exact) mass is 345 g/mol. The van der Waals surface area contributed by atoms with Crippen LogP contribution < -0.4 is 5.32 Å². The van der Waals surface area contributed by atoms with Gasteiger partial charge in [-0.1, -0.05) is 46.8 Å². The zero-order valence-corrected chi connectivity index (χ0v) is 13.1. The van der Waals surface area contributed by atoms with Crippen molar-refractivity contribution in [3.63, 3.8) is 0 Å². The maximum absolute atomic E-state index is 12.0. The van der Waals surface area contributed by atoms with Gasteiger partial charge in [-0.05, 0) is 41.8 Å². The molecule has 0 aliphatic carbocycles. The maximum Gasteiger partial charge on any atom is 0.251 e. The lowest BCUT2D eigenvalue weighted by atomic mass is 10.1. The third kappa shape index (κ3) is 4.46. The molecule has 0 bridgehead atoms. The third-order valence-electron chi connectivity index (χ3n) is 3.08. The van der Waals surface area contributed by atoms with Crippen LogP contribution in [0.25, 0.3) is 5.57 Å². The van der Waals surface area contributed by atoms with Crippen LogP contribution in [0.2, 0.25) is 0 Å². The quantitative estimate of drug-likeness (QED) is 0.814. The Hall–Kier alpha value is -2.07. The highest BCUT2D eigenvalue weighted by Crippen LogP contribution is 2.18. The van der Waals surface area contributed by atoms with Gasteiger partial charge in [0, 0.05) is 16.6 Å². The number of phenolic OH excluding ortho intramolecular Hbond substituents is 1. The summed E-state index contributed by atoms with van der Waals surface area (Å²) < 4.78 is 0.915. The molecule has 21 heavy (non-hydrogen) atoms. The first-order valence-corrected chi connectivity index (χ1v) is 7.36. The molecule has 4 heteroatoms. The second kappa shape index (κ2) is 7.09. The molecule has 0 atom stereocenters. The number of carbonyl (C=O) groups excluding carboxylic acids is 1. The van der Waals surface area contributed by atoms with Gasteiger partial charge in [0.25, 0.3) is 5.91 Å². The molecule has 2 aromatic carbocycles. The topological polar surface area (TPSA) is 49.3 Å². The smallest absolute Gasteiger partial charge is 0.251 e. The van der Waals surface area contributed by atoms with Gasteiger partial charge in [0.1, 0.15) is 5.75 Å². The van der Waals surface area contributed by atoms with E-state index >= 15 is 0 Å². The van der Waals surface area contributed by atoms with E-state index in [2.05, 4.69) is 27.8 Å². The standard InChI is InChI=1S/C17H16BrNO2/c1-12(14-3-2-4-15(18)11-14)17(21)19-10-9-13-5-7-16(20)8-6-13/h2-8,11,20H,1,9-10H2,(H,19,21). The summed E-state index contributed by atoms with van der Waals surface area (Å²) in [5.41, 5.74) is 2.30. The van der Waals surface area contributed by atoms with E-state index in [4.69, 9.17) is 0 Å². The van der Waals surface area contributed by atoms with E-state index in [0.717, 1.165) is 15.6 Å². The lowest BCUT2D eigenvalue weighted by molar-refractivity contribution is -0.115. The average Bonchev–Trinajstić information content (AvgIpc) is 2.48. The summed E-state index contributed by atoms with van der Waals surface area (Å²) in [5.74, 6) is 0.0673. The summed E-state index contributed by atoms with van der Waals surface area (Å²) >= 11 is 3.38. The molecule has 2 aromatic rings. The third-order valence-corrected chi connectivity index (χ3v) is 3.58. The van der Waals surface area contributed by atoms with E-state index in [0.29, 0.717) is 18.5 Å². The Morgan fingerprint density at radius 1 is 1.19 bits per heavy atom. The predicted octanol–water partition coefficient (Wildman–Crippen LogP) is 3.53. The van der Waals surface area contributed by atoms with Gasteiger partial charge in [-0.25, -0.2) is 0 Å². The normalized spacial score (nSPS) is 10.1. The molecule has 0 unspecified atom stereocenters. The number of hydrogen-bond acceptors (Lipinski definition) is 2. The van der Waals surface area contributed by atoms with Gasteiger partial charge in [-0.3, -0.25) is 4.79 Å². The second-order valence-corrected chi connectivity index (χ2v) is 5.58. The van der Waals surface area contributed by atoms with Gasteiger partial charge in [0.2, 0.25) is 0 Å². The minimum Gasteiger partial charge on any atom is -0.508 e. The summed E-state index contributed by atoms with van der Waals surface area (Å²) in [6.45, 7) is 4.36. The van der Waals surface area contributed by atoms with Crippen LogP contribution in [-0.4, -0.2) is 17.6 Å². The molecule has 1 amide bonds. The number of rotatable bonds is 5. The Kier molecular flexibility index (Phi) is 5.17. The highest BCUT2D eigenvalue weighted by Gasteiger charge is 2.09. The maximum atomic E-state index is 12.0. The van der Waals surface area contributed by atoms with Crippen LogP contribution in [0.4, 0.5) is 0 Å². The van der Waals surface area contributed by atoms with Crippen LogP contribution in [-0.2, 0) is 11.2 Å². The molecule has 0 aliphatic rings. The summed E-state index contributed by atoms with van der Waals surface area (Å²) in [6, 6.07) is 14.4. The van der Waals surface area contributed by atoms with Crippen LogP contribution in [0.5, 0.6) is 5.75 Å². The minimum atomic E-state index is -0.174. The molecule has 2 N–H and O–H groups in total. The Bertz CT molecular complexity index is 650. The first-order valence-electron chi connectivity index (χ1n) is 6.57. The molecule has 0 saturated carbocycles. The SMILES string of the molecule is C=C(C(=O)NCCc1ccc(O)cc1)c1cccc(Br)c1. The summed E-state index contributed by atoms with van der Waals surface area (Å²) in [7, 11) is 0. The van der Waals surface area contributed by atoms with E-state index in [1.807, 2.05) is 36.4 Å². The fourth-order valence-electron chi connectivity index (χ4n) is 1.90. The zero-order chi connectivity index (χ0) is 15.2. The number of amides is 1. The molecule has 3 nitrogen and oxygen atoms in total. The predicted molar refractivity (Wildman–Crippen MR) is 88.0 cm³/mol. The van der Waals surface area contributed by atoms with E-state index in [1.165, 1.54) is 0 Å². The largest absolute Gasteiger partial charge is 0.508 e. The van der Waals surface area contributed by atoms with Crippen LogP contribution >= 0.6 is 15.9 Å². The van der Waals surface area contributed by atoms with Crippen LogP contribution in [0.1, 0.15) is 11.1 Å². The lowest BCUT2D eigenvalue weighted by Crippen LogP contribution is -2.26. The highest BCUT2D eigenvalue weighted by molar-refractivity contribution is 9.10. The van der Waals surface area contributed by atoms with Crippen molar-refractivity contribution >= 4 is 27.4 Å². The summed E-state index contributed by atoms with van der Waals surface area (Å²) in [5, 5.41) is 12.1. The van der Waals surface area contributed by atoms with Gasteiger partial charge in [-0.15, -0.1) is 0 Å². The molecule has 0 fully saturated rings. The van der Waals surface area contributed by atoms with Crippen molar-refractivity contribution in [3.8, 4) is 5.75 Å². The van der Waals surface area contributed by atoms with Crippen molar-refractivity contribution in [1.29, 1.82) is 0 Å².